The number of carboxylic acid groups (broad SMARTS) is 1. The van der Waals surface area contributed by atoms with Gasteiger partial charge in [-0.15, -0.1) is 0 Å². The Morgan fingerprint density at radius 1 is 0.897 bits per heavy atom. The van der Waals surface area contributed by atoms with Crippen LogP contribution in [0.2, 0.25) is 0 Å². The van der Waals surface area contributed by atoms with Crippen molar-refractivity contribution in [3.63, 3.8) is 0 Å². The summed E-state index contributed by atoms with van der Waals surface area (Å²) >= 11 is 0. The predicted octanol–water partition coefficient (Wildman–Crippen LogP) is 3.86. The first kappa shape index (κ1) is 19.9. The summed E-state index contributed by atoms with van der Waals surface area (Å²) < 4.78 is 16.7. The fraction of sp³-hybridized carbons (Fsp3) is 0.136. The van der Waals surface area contributed by atoms with Gasteiger partial charge >= 0.3 is 11.9 Å². The number of hydrogen-bond donors (Lipinski definition) is 1. The van der Waals surface area contributed by atoms with E-state index in [1.165, 1.54) is 13.0 Å². The molecule has 0 unspecified atom stereocenters. The van der Waals surface area contributed by atoms with Crippen molar-refractivity contribution in [3.05, 3.63) is 83.6 Å². The number of pyridine rings is 1. The summed E-state index contributed by atoms with van der Waals surface area (Å²) in [5.74, 6) is -2.01. The second-order valence-corrected chi connectivity index (χ2v) is 6.09. The van der Waals surface area contributed by atoms with E-state index in [2.05, 4.69) is 4.98 Å². The normalized spacial score (nSPS) is 10.2. The van der Waals surface area contributed by atoms with E-state index in [9.17, 15) is 14.7 Å². The van der Waals surface area contributed by atoms with Crippen LogP contribution in [0.1, 0.15) is 28.5 Å². The van der Waals surface area contributed by atoms with Crippen molar-refractivity contribution in [2.75, 3.05) is 0 Å². The first-order chi connectivity index (χ1) is 14.0. The van der Waals surface area contributed by atoms with E-state index in [0.29, 0.717) is 0 Å². The van der Waals surface area contributed by atoms with Gasteiger partial charge in [-0.05, 0) is 11.1 Å². The number of nitrogens with zero attached hydrogens (tertiary/aromatic N) is 1. The minimum absolute atomic E-state index is 0.0602. The molecule has 0 atom stereocenters. The molecule has 1 N–H and O–H groups in total. The van der Waals surface area contributed by atoms with Gasteiger partial charge in [0.05, 0.1) is 0 Å². The van der Waals surface area contributed by atoms with Gasteiger partial charge in [-0.2, -0.15) is 0 Å². The summed E-state index contributed by atoms with van der Waals surface area (Å²) in [5.41, 5.74) is 1.43. The van der Waals surface area contributed by atoms with E-state index >= 15 is 0 Å². The second kappa shape index (κ2) is 9.36. The van der Waals surface area contributed by atoms with Crippen LogP contribution in [0.3, 0.4) is 0 Å². The Morgan fingerprint density at radius 2 is 1.45 bits per heavy atom. The Kier molecular flexibility index (Phi) is 6.42. The average molecular weight is 393 g/mol. The summed E-state index contributed by atoms with van der Waals surface area (Å²) in [4.78, 5) is 26.9. The van der Waals surface area contributed by atoms with Crippen molar-refractivity contribution in [2.45, 2.75) is 20.1 Å². The summed E-state index contributed by atoms with van der Waals surface area (Å²) in [6.07, 6.45) is 0. The molecule has 7 heteroatoms. The molecular weight excluding hydrogens is 374 g/mol. The summed E-state index contributed by atoms with van der Waals surface area (Å²) in [6.45, 7) is 1.52. The van der Waals surface area contributed by atoms with Crippen LogP contribution in [0.4, 0.5) is 0 Å². The van der Waals surface area contributed by atoms with Gasteiger partial charge in [-0.25, -0.2) is 9.78 Å². The Bertz CT molecular complexity index is 989. The molecule has 0 bridgehead atoms. The van der Waals surface area contributed by atoms with Gasteiger partial charge in [0.1, 0.15) is 13.2 Å². The lowest BCUT2D eigenvalue weighted by Crippen LogP contribution is -2.11. The first-order valence-corrected chi connectivity index (χ1v) is 8.83. The Hall–Kier alpha value is -3.87. The fourth-order valence-corrected chi connectivity index (χ4v) is 2.51. The molecule has 0 saturated carbocycles. The molecule has 1 heterocycles. The minimum Gasteiger partial charge on any atom is -0.485 e. The van der Waals surface area contributed by atoms with Crippen LogP contribution in [0.5, 0.6) is 17.4 Å². The summed E-state index contributed by atoms with van der Waals surface area (Å²) in [5, 5.41) is 9.35. The maximum Gasteiger partial charge on any atom is 0.354 e. The number of carbonyl (C=O) groups excluding carboxylic acids is 1. The Balaban J connectivity index is 1.95. The van der Waals surface area contributed by atoms with Gasteiger partial charge in [-0.3, -0.25) is 4.79 Å². The van der Waals surface area contributed by atoms with Crippen molar-refractivity contribution in [3.8, 4) is 17.4 Å². The Morgan fingerprint density at radius 3 is 1.97 bits per heavy atom. The van der Waals surface area contributed by atoms with Crippen molar-refractivity contribution >= 4 is 11.9 Å². The summed E-state index contributed by atoms with van der Waals surface area (Å²) in [6, 6.07) is 20.0. The number of carboxylic acids is 1. The SMILES string of the molecule is CC(=O)Oc1nc(C(=O)O)cc(OCc2ccccc2)c1OCc1ccccc1. The molecule has 0 amide bonds. The average Bonchev–Trinajstić information content (AvgIpc) is 2.72. The van der Waals surface area contributed by atoms with Crippen LogP contribution < -0.4 is 14.2 Å². The number of aromatic carboxylic acids is 1. The minimum atomic E-state index is -1.28. The van der Waals surface area contributed by atoms with Crippen LogP contribution in [0.15, 0.2) is 66.7 Å². The standard InChI is InChI=1S/C22H19NO6/c1-15(24)29-21-20(28-14-17-10-6-3-7-11-17)19(12-18(23-21)22(25)26)27-13-16-8-4-2-5-9-16/h2-12H,13-14H2,1H3,(H,25,26). The topological polar surface area (TPSA) is 95.0 Å². The molecule has 2 aromatic carbocycles. The third kappa shape index (κ3) is 5.55. The van der Waals surface area contributed by atoms with Crippen LogP contribution in [-0.4, -0.2) is 22.0 Å². The zero-order valence-corrected chi connectivity index (χ0v) is 15.7. The molecule has 0 aliphatic rings. The van der Waals surface area contributed by atoms with Gasteiger partial charge in [0.2, 0.25) is 5.75 Å². The van der Waals surface area contributed by atoms with Gasteiger partial charge in [-0.1, -0.05) is 60.7 Å². The van der Waals surface area contributed by atoms with Gasteiger partial charge < -0.3 is 19.3 Å². The lowest BCUT2D eigenvalue weighted by atomic mass is 10.2. The highest BCUT2D eigenvalue weighted by molar-refractivity contribution is 5.87. The van der Waals surface area contributed by atoms with Gasteiger partial charge in [0, 0.05) is 13.0 Å². The molecule has 0 radical (unpaired) electrons. The van der Waals surface area contributed by atoms with E-state index < -0.39 is 11.9 Å². The molecule has 7 nitrogen and oxygen atoms in total. The molecule has 29 heavy (non-hydrogen) atoms. The highest BCUT2D eigenvalue weighted by atomic mass is 16.6. The van der Waals surface area contributed by atoms with Crippen LogP contribution in [-0.2, 0) is 18.0 Å². The molecule has 148 valence electrons. The van der Waals surface area contributed by atoms with E-state index in [1.807, 2.05) is 60.7 Å². The highest BCUT2D eigenvalue weighted by Gasteiger charge is 2.22. The predicted molar refractivity (Wildman–Crippen MR) is 104 cm³/mol. The van der Waals surface area contributed by atoms with Gasteiger partial charge in [0.15, 0.2) is 11.4 Å². The zero-order valence-electron chi connectivity index (χ0n) is 15.7. The summed E-state index contributed by atoms with van der Waals surface area (Å²) in [7, 11) is 0. The highest BCUT2D eigenvalue weighted by Crippen LogP contribution is 2.38. The molecule has 0 saturated heterocycles. The van der Waals surface area contributed by atoms with E-state index in [-0.39, 0.29) is 36.3 Å². The number of carbonyl (C=O) groups is 2. The quantitative estimate of drug-likeness (QED) is 0.581. The van der Waals surface area contributed by atoms with E-state index in [0.717, 1.165) is 11.1 Å². The van der Waals surface area contributed by atoms with Crippen LogP contribution >= 0.6 is 0 Å². The van der Waals surface area contributed by atoms with E-state index in [1.54, 1.807) is 0 Å². The zero-order chi connectivity index (χ0) is 20.6. The van der Waals surface area contributed by atoms with Crippen LogP contribution in [0, 0.1) is 0 Å². The molecule has 1 aromatic heterocycles. The smallest absolute Gasteiger partial charge is 0.354 e. The molecule has 0 fully saturated rings. The monoisotopic (exact) mass is 393 g/mol. The third-order valence-electron chi connectivity index (χ3n) is 3.83. The number of esters is 1. The lowest BCUT2D eigenvalue weighted by Gasteiger charge is -2.16. The molecule has 0 aliphatic carbocycles. The number of rotatable bonds is 8. The fourth-order valence-electron chi connectivity index (χ4n) is 2.51. The van der Waals surface area contributed by atoms with Crippen molar-refractivity contribution < 1.29 is 28.9 Å². The van der Waals surface area contributed by atoms with Crippen molar-refractivity contribution in [1.29, 1.82) is 0 Å². The van der Waals surface area contributed by atoms with E-state index in [4.69, 9.17) is 14.2 Å². The largest absolute Gasteiger partial charge is 0.485 e. The molecule has 3 rings (SSSR count). The molecule has 3 aromatic rings. The van der Waals surface area contributed by atoms with Gasteiger partial charge in [0.25, 0.3) is 5.88 Å². The lowest BCUT2D eigenvalue weighted by molar-refractivity contribution is -0.132. The number of ether oxygens (including phenoxy) is 3. The maximum absolute atomic E-state index is 11.5. The number of hydrogen-bond acceptors (Lipinski definition) is 6. The molecule has 0 aliphatic heterocycles. The first-order valence-electron chi connectivity index (χ1n) is 8.83. The number of benzene rings is 2. The van der Waals surface area contributed by atoms with Crippen molar-refractivity contribution in [2.24, 2.45) is 0 Å². The molecule has 0 spiro atoms. The van der Waals surface area contributed by atoms with Crippen LogP contribution in [0.25, 0.3) is 0 Å². The number of aromatic nitrogens is 1. The second-order valence-electron chi connectivity index (χ2n) is 6.09. The maximum atomic E-state index is 11.5. The Labute approximate surface area is 167 Å². The molecular formula is C22H19NO6. The third-order valence-corrected chi connectivity index (χ3v) is 3.83. The van der Waals surface area contributed by atoms with Crippen molar-refractivity contribution in [1.82, 2.24) is 4.98 Å².